The molecule has 1 heterocycles. The smallest absolute Gasteiger partial charge is 0.265 e. The Kier molecular flexibility index (Phi) is 8.11. The van der Waals surface area contributed by atoms with E-state index in [1.807, 2.05) is 19.9 Å². The van der Waals surface area contributed by atoms with Crippen molar-refractivity contribution in [2.45, 2.75) is 72.6 Å². The summed E-state index contributed by atoms with van der Waals surface area (Å²) in [5.41, 5.74) is 2.44. The molecule has 6 heteroatoms. The van der Waals surface area contributed by atoms with Gasteiger partial charge in [0.2, 0.25) is 5.95 Å². The van der Waals surface area contributed by atoms with Crippen molar-refractivity contribution in [3.8, 4) is 11.5 Å². The van der Waals surface area contributed by atoms with E-state index in [9.17, 15) is 4.79 Å². The molecule has 0 bridgehead atoms. The van der Waals surface area contributed by atoms with E-state index in [1.165, 1.54) is 0 Å². The molecule has 0 fully saturated rings. The first-order chi connectivity index (χ1) is 13.9. The van der Waals surface area contributed by atoms with E-state index >= 15 is 0 Å². The van der Waals surface area contributed by atoms with Crippen LogP contribution in [0.25, 0.3) is 0 Å². The maximum absolute atomic E-state index is 13.1. The zero-order chi connectivity index (χ0) is 21.4. The highest BCUT2D eigenvalue weighted by Gasteiger charge is 2.27. The van der Waals surface area contributed by atoms with E-state index in [1.54, 1.807) is 12.1 Å². The Labute approximate surface area is 174 Å². The summed E-state index contributed by atoms with van der Waals surface area (Å²) < 4.78 is 11.3. The number of ether oxygens (including phenoxy) is 2. The van der Waals surface area contributed by atoms with Crippen molar-refractivity contribution in [3.63, 3.8) is 0 Å². The van der Waals surface area contributed by atoms with E-state index in [-0.39, 0.29) is 11.3 Å². The lowest BCUT2D eigenvalue weighted by Crippen LogP contribution is -2.20. The molecule has 0 spiro atoms. The van der Waals surface area contributed by atoms with Gasteiger partial charge in [-0.05, 0) is 38.8 Å². The molecule has 29 heavy (non-hydrogen) atoms. The van der Waals surface area contributed by atoms with Gasteiger partial charge in [-0.2, -0.15) is 0 Å². The highest BCUT2D eigenvalue weighted by atomic mass is 16.5. The number of carbonyl (C=O) groups excluding carboxylic acids is 1. The van der Waals surface area contributed by atoms with Gasteiger partial charge in [0.05, 0.1) is 18.9 Å². The normalized spacial score (nSPS) is 11.4. The lowest BCUT2D eigenvalue weighted by Gasteiger charge is -2.24. The molecular weight excluding hydrogens is 366 g/mol. The molecule has 0 aliphatic heterocycles. The van der Waals surface area contributed by atoms with Crippen molar-refractivity contribution in [1.29, 1.82) is 0 Å². The second-order valence-electron chi connectivity index (χ2n) is 7.70. The van der Waals surface area contributed by atoms with Gasteiger partial charge in [0.25, 0.3) is 5.91 Å². The molecule has 2 rings (SSSR count). The van der Waals surface area contributed by atoms with Gasteiger partial charge < -0.3 is 14.5 Å². The second-order valence-corrected chi connectivity index (χ2v) is 7.70. The first-order valence-corrected chi connectivity index (χ1v) is 10.7. The number of imidazole rings is 1. The molecule has 2 N–H and O–H groups in total. The monoisotopic (exact) mass is 401 g/mol. The Balaban J connectivity index is 2.34. The zero-order valence-electron chi connectivity index (χ0n) is 18.6. The molecule has 0 saturated carbocycles. The standard InChI is InChI=1S/C23H35N3O3/c1-7-11-15-23(5,6)20-16(8-2)24-22(25-20)26-21(27)19-17(28-9-3)13-12-14-18(19)29-10-4/h12-14H,7-11,15H2,1-6H3,(H2,24,25,26,27). The van der Waals surface area contributed by atoms with E-state index in [0.29, 0.717) is 36.2 Å². The molecule has 1 amide bonds. The lowest BCUT2D eigenvalue weighted by molar-refractivity contribution is 0.101. The summed E-state index contributed by atoms with van der Waals surface area (Å²) in [7, 11) is 0. The summed E-state index contributed by atoms with van der Waals surface area (Å²) in [5, 5.41) is 2.91. The quantitative estimate of drug-likeness (QED) is 0.522. The molecule has 0 unspecified atom stereocenters. The van der Waals surface area contributed by atoms with Crippen molar-refractivity contribution >= 4 is 11.9 Å². The molecule has 0 aliphatic rings. The predicted octanol–water partition coefficient (Wildman–Crippen LogP) is 5.49. The summed E-state index contributed by atoms with van der Waals surface area (Å²) in [6.45, 7) is 13.4. The summed E-state index contributed by atoms with van der Waals surface area (Å²) in [6, 6.07) is 5.38. The van der Waals surface area contributed by atoms with E-state index in [2.05, 4.69) is 43.0 Å². The molecule has 160 valence electrons. The van der Waals surface area contributed by atoms with E-state index < -0.39 is 0 Å². The maximum Gasteiger partial charge on any atom is 0.265 e. The summed E-state index contributed by atoms with van der Waals surface area (Å²) in [4.78, 5) is 21.1. The number of aromatic amines is 1. The number of aromatic nitrogens is 2. The third-order valence-electron chi connectivity index (χ3n) is 4.99. The van der Waals surface area contributed by atoms with Gasteiger partial charge in [-0.1, -0.05) is 46.6 Å². The van der Waals surface area contributed by atoms with E-state index in [4.69, 9.17) is 9.47 Å². The van der Waals surface area contributed by atoms with Gasteiger partial charge in [0.15, 0.2) is 0 Å². The van der Waals surface area contributed by atoms with Gasteiger partial charge in [0, 0.05) is 11.1 Å². The van der Waals surface area contributed by atoms with Crippen LogP contribution in [0, 0.1) is 0 Å². The first-order valence-electron chi connectivity index (χ1n) is 10.7. The Bertz CT molecular complexity index is 787. The third-order valence-corrected chi connectivity index (χ3v) is 4.99. The molecule has 6 nitrogen and oxygen atoms in total. The minimum Gasteiger partial charge on any atom is -0.493 e. The molecule has 0 aliphatic carbocycles. The van der Waals surface area contributed by atoms with Crippen LogP contribution in [-0.4, -0.2) is 29.1 Å². The Morgan fingerprint density at radius 3 is 2.24 bits per heavy atom. The van der Waals surface area contributed by atoms with E-state index in [0.717, 1.165) is 37.1 Å². The topological polar surface area (TPSA) is 76.2 Å². The number of hydrogen-bond donors (Lipinski definition) is 2. The highest BCUT2D eigenvalue weighted by molar-refractivity contribution is 6.07. The number of nitrogens with one attached hydrogen (secondary N) is 2. The molecule has 0 saturated heterocycles. The van der Waals surface area contributed by atoms with Crippen LogP contribution in [-0.2, 0) is 11.8 Å². The number of carbonyl (C=O) groups is 1. The molecule has 0 radical (unpaired) electrons. The number of nitrogens with zero attached hydrogens (tertiary/aromatic N) is 1. The Morgan fingerprint density at radius 1 is 1.10 bits per heavy atom. The molecule has 1 aromatic heterocycles. The largest absolute Gasteiger partial charge is 0.493 e. The molecule has 2 aromatic rings. The summed E-state index contributed by atoms with van der Waals surface area (Å²) in [5.74, 6) is 1.16. The average Bonchev–Trinajstić information content (AvgIpc) is 3.11. The number of benzene rings is 1. The maximum atomic E-state index is 13.1. The number of amides is 1. The van der Waals surface area contributed by atoms with Crippen molar-refractivity contribution < 1.29 is 14.3 Å². The van der Waals surface area contributed by atoms with Crippen LogP contribution in [0.3, 0.4) is 0 Å². The third kappa shape index (κ3) is 5.52. The van der Waals surface area contributed by atoms with Crippen molar-refractivity contribution in [1.82, 2.24) is 9.97 Å². The van der Waals surface area contributed by atoms with Gasteiger partial charge >= 0.3 is 0 Å². The summed E-state index contributed by atoms with van der Waals surface area (Å²) in [6.07, 6.45) is 4.16. The average molecular weight is 402 g/mol. The summed E-state index contributed by atoms with van der Waals surface area (Å²) >= 11 is 0. The van der Waals surface area contributed by atoms with Crippen molar-refractivity contribution in [3.05, 3.63) is 35.2 Å². The van der Waals surface area contributed by atoms with Crippen LogP contribution in [0.15, 0.2) is 18.2 Å². The van der Waals surface area contributed by atoms with Crippen LogP contribution < -0.4 is 14.8 Å². The fraction of sp³-hybridized carbons (Fsp3) is 0.565. The molecule has 1 aromatic carbocycles. The van der Waals surface area contributed by atoms with Crippen LogP contribution in [0.5, 0.6) is 11.5 Å². The number of hydrogen-bond acceptors (Lipinski definition) is 4. The Morgan fingerprint density at radius 2 is 1.72 bits per heavy atom. The number of rotatable bonds is 11. The molecule has 0 atom stereocenters. The van der Waals surface area contributed by atoms with Gasteiger partial charge in [-0.3, -0.25) is 10.1 Å². The Hall–Kier alpha value is -2.50. The van der Waals surface area contributed by atoms with Crippen molar-refractivity contribution in [2.24, 2.45) is 0 Å². The van der Waals surface area contributed by atoms with Gasteiger partial charge in [-0.25, -0.2) is 4.98 Å². The lowest BCUT2D eigenvalue weighted by atomic mass is 9.82. The van der Waals surface area contributed by atoms with Crippen LogP contribution in [0.2, 0.25) is 0 Å². The van der Waals surface area contributed by atoms with Gasteiger partial charge in [-0.15, -0.1) is 0 Å². The number of H-pyrrole nitrogens is 1. The minimum atomic E-state index is -0.299. The minimum absolute atomic E-state index is 0.0307. The first kappa shape index (κ1) is 22.8. The zero-order valence-corrected chi connectivity index (χ0v) is 18.6. The SMILES string of the molecule is CCCCC(C)(C)c1[nH]c(NC(=O)c2c(OCC)cccc2OCC)nc1CC. The van der Waals surface area contributed by atoms with Crippen LogP contribution in [0.4, 0.5) is 5.95 Å². The fourth-order valence-corrected chi connectivity index (χ4v) is 3.48. The van der Waals surface area contributed by atoms with Gasteiger partial charge in [0.1, 0.15) is 17.1 Å². The number of aryl methyl sites for hydroxylation is 1. The predicted molar refractivity (Wildman–Crippen MR) is 117 cm³/mol. The highest BCUT2D eigenvalue weighted by Crippen LogP contribution is 2.33. The van der Waals surface area contributed by atoms with Crippen LogP contribution in [0.1, 0.15) is 82.6 Å². The fourth-order valence-electron chi connectivity index (χ4n) is 3.48. The van der Waals surface area contributed by atoms with Crippen molar-refractivity contribution in [2.75, 3.05) is 18.5 Å². The van der Waals surface area contributed by atoms with Crippen LogP contribution >= 0.6 is 0 Å². The number of anilines is 1. The molecular formula is C23H35N3O3. The number of unbranched alkanes of at least 4 members (excludes halogenated alkanes) is 1. The second kappa shape index (κ2) is 10.3.